The molecule has 6 heteroatoms. The molecule has 1 aliphatic carbocycles. The number of rotatable bonds is 7. The van der Waals surface area contributed by atoms with Crippen LogP contribution < -0.4 is 0 Å². The Balaban J connectivity index is 2.10. The highest BCUT2D eigenvalue weighted by atomic mass is 79.9. The van der Waals surface area contributed by atoms with Crippen LogP contribution in [0.5, 0.6) is 0 Å². The Labute approximate surface area is 93.8 Å². The fourth-order valence-electron chi connectivity index (χ4n) is 0.950. The minimum absolute atomic E-state index is 0.0286. The lowest BCUT2D eigenvalue weighted by molar-refractivity contribution is 0.117. The molecular weight excluding hydrogens is 270 g/mol. The summed E-state index contributed by atoms with van der Waals surface area (Å²) in [5, 5.41) is 0. The number of nitrogens with zero attached hydrogens (tertiary/aromatic N) is 1. The third-order valence-corrected chi connectivity index (χ3v) is 5.36. The largest absolute Gasteiger partial charge is 0.380 e. The fourth-order valence-corrected chi connectivity index (χ4v) is 2.52. The molecule has 0 aromatic heterocycles. The zero-order valence-corrected chi connectivity index (χ0v) is 10.7. The molecule has 0 radical (unpaired) electrons. The van der Waals surface area contributed by atoms with Crippen molar-refractivity contribution >= 4 is 26.0 Å². The van der Waals surface area contributed by atoms with Gasteiger partial charge in [-0.25, -0.2) is 12.7 Å². The van der Waals surface area contributed by atoms with Crippen molar-refractivity contribution in [3.05, 3.63) is 0 Å². The number of alkyl halides is 1. The lowest BCUT2D eigenvalue weighted by Gasteiger charge is -2.15. The van der Waals surface area contributed by atoms with Crippen LogP contribution in [0.15, 0.2) is 0 Å². The minimum Gasteiger partial charge on any atom is -0.380 e. The summed E-state index contributed by atoms with van der Waals surface area (Å²) in [6, 6.07) is 0. The summed E-state index contributed by atoms with van der Waals surface area (Å²) in [4.78, 5) is 0. The molecule has 0 aliphatic heterocycles. The molecule has 0 amide bonds. The van der Waals surface area contributed by atoms with Gasteiger partial charge in [-0.15, -0.1) is 0 Å². The van der Waals surface area contributed by atoms with Gasteiger partial charge in [-0.2, -0.15) is 0 Å². The summed E-state index contributed by atoms with van der Waals surface area (Å²) in [5.74, 6) is 0.730. The van der Waals surface area contributed by atoms with E-state index in [1.165, 1.54) is 17.1 Å². The topological polar surface area (TPSA) is 46.6 Å². The molecule has 0 aromatic carbocycles. The first kappa shape index (κ1) is 12.4. The molecule has 0 N–H and O–H groups in total. The van der Waals surface area contributed by atoms with Crippen molar-refractivity contribution in [2.24, 2.45) is 5.92 Å². The molecule has 1 saturated carbocycles. The fraction of sp³-hybridized carbons (Fsp3) is 1.00. The molecule has 14 heavy (non-hydrogen) atoms. The first-order valence-electron chi connectivity index (χ1n) is 4.64. The molecule has 0 heterocycles. The van der Waals surface area contributed by atoms with E-state index < -0.39 is 10.0 Å². The van der Waals surface area contributed by atoms with Crippen molar-refractivity contribution < 1.29 is 13.2 Å². The Hall–Kier alpha value is 0.350. The number of ether oxygens (including phenoxy) is 1. The van der Waals surface area contributed by atoms with E-state index in [2.05, 4.69) is 15.9 Å². The molecule has 0 unspecified atom stereocenters. The Morgan fingerprint density at radius 3 is 2.64 bits per heavy atom. The van der Waals surface area contributed by atoms with E-state index in [0.29, 0.717) is 13.2 Å². The SMILES string of the molecule is CN(CCOCC1CC1)S(=O)(=O)CBr. The van der Waals surface area contributed by atoms with Gasteiger partial charge in [-0.3, -0.25) is 0 Å². The van der Waals surface area contributed by atoms with Crippen molar-refractivity contribution in [3.63, 3.8) is 0 Å². The van der Waals surface area contributed by atoms with Crippen molar-refractivity contribution in [1.82, 2.24) is 4.31 Å². The quantitative estimate of drug-likeness (QED) is 0.518. The summed E-state index contributed by atoms with van der Waals surface area (Å²) in [5.41, 5.74) is 0. The highest BCUT2D eigenvalue weighted by molar-refractivity contribution is 9.10. The number of sulfonamides is 1. The summed E-state index contributed by atoms with van der Waals surface area (Å²) in [6.45, 7) is 1.70. The van der Waals surface area contributed by atoms with E-state index in [0.717, 1.165) is 12.5 Å². The van der Waals surface area contributed by atoms with Gasteiger partial charge in [0.05, 0.1) is 6.61 Å². The van der Waals surface area contributed by atoms with Gasteiger partial charge in [0, 0.05) is 20.2 Å². The molecule has 0 spiro atoms. The lowest BCUT2D eigenvalue weighted by Crippen LogP contribution is -2.30. The number of hydrogen-bond acceptors (Lipinski definition) is 3. The van der Waals surface area contributed by atoms with Crippen molar-refractivity contribution in [2.75, 3.05) is 31.5 Å². The average molecular weight is 286 g/mol. The van der Waals surface area contributed by atoms with Gasteiger partial charge in [0.1, 0.15) is 4.66 Å². The van der Waals surface area contributed by atoms with Crippen LogP contribution in [-0.4, -0.2) is 44.2 Å². The summed E-state index contributed by atoms with van der Waals surface area (Å²) in [6.07, 6.45) is 2.52. The van der Waals surface area contributed by atoms with Crippen LogP contribution in [0.2, 0.25) is 0 Å². The Morgan fingerprint density at radius 2 is 2.14 bits per heavy atom. The summed E-state index contributed by atoms with van der Waals surface area (Å²) < 4.78 is 29.2. The second-order valence-corrected chi connectivity index (χ2v) is 6.94. The van der Waals surface area contributed by atoms with Gasteiger partial charge < -0.3 is 4.74 Å². The second-order valence-electron chi connectivity index (χ2n) is 3.56. The van der Waals surface area contributed by atoms with Crippen LogP contribution in [0.4, 0.5) is 0 Å². The van der Waals surface area contributed by atoms with Crippen LogP contribution in [-0.2, 0) is 14.8 Å². The van der Waals surface area contributed by atoms with Gasteiger partial charge in [0.25, 0.3) is 0 Å². The van der Waals surface area contributed by atoms with Gasteiger partial charge in [0.15, 0.2) is 0 Å². The van der Waals surface area contributed by atoms with E-state index in [-0.39, 0.29) is 4.66 Å². The van der Waals surface area contributed by atoms with Crippen molar-refractivity contribution in [3.8, 4) is 0 Å². The molecule has 1 rings (SSSR count). The first-order valence-corrected chi connectivity index (χ1v) is 7.37. The van der Waals surface area contributed by atoms with Gasteiger partial charge in [-0.1, -0.05) is 15.9 Å². The van der Waals surface area contributed by atoms with Gasteiger partial charge >= 0.3 is 0 Å². The standard InChI is InChI=1S/C8H16BrNO3S/c1-10(14(11,12)7-9)4-5-13-6-8-2-3-8/h8H,2-7H2,1H3. The molecule has 0 aromatic rings. The van der Waals surface area contributed by atoms with E-state index in [1.807, 2.05) is 0 Å². The van der Waals surface area contributed by atoms with Crippen LogP contribution in [0.1, 0.15) is 12.8 Å². The third kappa shape index (κ3) is 4.25. The van der Waals surface area contributed by atoms with E-state index >= 15 is 0 Å². The lowest BCUT2D eigenvalue weighted by atomic mass is 10.5. The Morgan fingerprint density at radius 1 is 1.50 bits per heavy atom. The van der Waals surface area contributed by atoms with Gasteiger partial charge in [0.2, 0.25) is 10.0 Å². The van der Waals surface area contributed by atoms with Gasteiger partial charge in [-0.05, 0) is 18.8 Å². The molecule has 84 valence electrons. The smallest absolute Gasteiger partial charge is 0.223 e. The number of likely N-dealkylation sites (N-methyl/N-ethyl adjacent to an activating group) is 1. The predicted molar refractivity (Wildman–Crippen MR) is 58.9 cm³/mol. The van der Waals surface area contributed by atoms with E-state index in [9.17, 15) is 8.42 Å². The molecular formula is C8H16BrNO3S. The normalized spacial score (nSPS) is 17.6. The molecule has 0 atom stereocenters. The van der Waals surface area contributed by atoms with E-state index in [4.69, 9.17) is 4.74 Å². The third-order valence-electron chi connectivity index (χ3n) is 2.21. The average Bonchev–Trinajstić information content (AvgIpc) is 2.95. The highest BCUT2D eigenvalue weighted by Gasteiger charge is 2.21. The summed E-state index contributed by atoms with van der Waals surface area (Å²) in [7, 11) is -1.55. The highest BCUT2D eigenvalue weighted by Crippen LogP contribution is 2.28. The van der Waals surface area contributed by atoms with Crippen LogP contribution in [0, 0.1) is 5.92 Å². The van der Waals surface area contributed by atoms with Crippen LogP contribution in [0.3, 0.4) is 0 Å². The van der Waals surface area contributed by atoms with Crippen LogP contribution >= 0.6 is 15.9 Å². The zero-order chi connectivity index (χ0) is 10.6. The predicted octanol–water partition coefficient (Wildman–Crippen LogP) is 1.03. The second kappa shape index (κ2) is 5.44. The van der Waals surface area contributed by atoms with Crippen molar-refractivity contribution in [2.45, 2.75) is 12.8 Å². The Kier molecular flexibility index (Phi) is 4.82. The maximum absolute atomic E-state index is 11.3. The number of halogens is 1. The Bertz CT molecular complexity index is 264. The first-order chi connectivity index (χ1) is 6.56. The van der Waals surface area contributed by atoms with E-state index in [1.54, 1.807) is 7.05 Å². The minimum atomic E-state index is -3.11. The molecule has 0 bridgehead atoms. The zero-order valence-electron chi connectivity index (χ0n) is 8.28. The molecule has 1 fully saturated rings. The number of hydrogen-bond donors (Lipinski definition) is 0. The maximum atomic E-state index is 11.3. The monoisotopic (exact) mass is 285 g/mol. The van der Waals surface area contributed by atoms with Crippen molar-refractivity contribution in [1.29, 1.82) is 0 Å². The van der Waals surface area contributed by atoms with Crippen LogP contribution in [0.25, 0.3) is 0 Å². The summed E-state index contributed by atoms with van der Waals surface area (Å²) >= 11 is 2.94. The molecule has 4 nitrogen and oxygen atoms in total. The molecule has 0 saturated heterocycles. The molecule has 1 aliphatic rings. The maximum Gasteiger partial charge on any atom is 0.223 e.